The van der Waals surface area contributed by atoms with Gasteiger partial charge >= 0.3 is 0 Å². The van der Waals surface area contributed by atoms with Crippen LogP contribution in [0.3, 0.4) is 0 Å². The Hall–Kier alpha value is -2.49. The molecule has 3 rings (SSSR count). The van der Waals surface area contributed by atoms with Crippen molar-refractivity contribution in [2.24, 2.45) is 0 Å². The minimum Gasteiger partial charge on any atom is -0.303 e. The highest BCUT2D eigenvalue weighted by atomic mass is 16.1. The first-order chi connectivity index (χ1) is 8.86. The third-order valence-corrected chi connectivity index (χ3v) is 2.75. The van der Waals surface area contributed by atoms with E-state index in [0.717, 1.165) is 23.1 Å². The zero-order valence-electron chi connectivity index (χ0n) is 9.65. The van der Waals surface area contributed by atoms with E-state index in [2.05, 4.69) is 10.1 Å². The predicted molar refractivity (Wildman–Crippen MR) is 68.2 cm³/mol. The molecule has 0 radical (unpaired) electrons. The second-order valence-electron chi connectivity index (χ2n) is 4.01. The normalized spacial score (nSPS) is 10.7. The highest BCUT2D eigenvalue weighted by Crippen LogP contribution is 2.16. The Morgan fingerprint density at radius 3 is 2.78 bits per heavy atom. The lowest BCUT2D eigenvalue weighted by Crippen LogP contribution is -1.91. The van der Waals surface area contributed by atoms with Crippen molar-refractivity contribution in [3.05, 3.63) is 54.2 Å². The third-order valence-electron chi connectivity index (χ3n) is 2.75. The summed E-state index contributed by atoms with van der Waals surface area (Å²) < 4.78 is 1.72. The highest BCUT2D eigenvalue weighted by Gasteiger charge is 2.06. The van der Waals surface area contributed by atoms with Crippen molar-refractivity contribution >= 4 is 11.9 Å². The Morgan fingerprint density at radius 1 is 1.17 bits per heavy atom. The fourth-order valence-electron chi connectivity index (χ4n) is 1.86. The van der Waals surface area contributed by atoms with E-state index >= 15 is 0 Å². The number of carbonyl (C=O) groups is 1. The molecule has 0 atom stereocenters. The highest BCUT2D eigenvalue weighted by molar-refractivity contribution is 5.60. The number of hydrogen-bond acceptors (Lipinski definition) is 3. The molecular weight excluding hydrogens is 226 g/mol. The maximum Gasteiger partial charge on any atom is 0.182 e. The van der Waals surface area contributed by atoms with Gasteiger partial charge in [0.2, 0.25) is 0 Å². The van der Waals surface area contributed by atoms with Crippen LogP contribution in [-0.4, -0.2) is 20.9 Å². The van der Waals surface area contributed by atoms with Gasteiger partial charge in [0, 0.05) is 18.2 Å². The van der Waals surface area contributed by atoms with Gasteiger partial charge in [0.15, 0.2) is 11.5 Å². The number of fused-ring (bicyclic) bond motifs is 1. The molecule has 1 aromatic carbocycles. The van der Waals surface area contributed by atoms with Crippen molar-refractivity contribution in [2.45, 2.75) is 6.42 Å². The van der Waals surface area contributed by atoms with Crippen LogP contribution in [-0.2, 0) is 11.2 Å². The summed E-state index contributed by atoms with van der Waals surface area (Å²) in [7, 11) is 0. The van der Waals surface area contributed by atoms with Crippen molar-refractivity contribution < 1.29 is 4.79 Å². The fraction of sp³-hybridized carbons (Fsp3) is 0.0714. The number of nitrogens with zero attached hydrogens (tertiary/aromatic N) is 3. The number of pyridine rings is 1. The summed E-state index contributed by atoms with van der Waals surface area (Å²) in [6.45, 7) is 0. The number of carbonyl (C=O) groups excluding carboxylic acids is 1. The van der Waals surface area contributed by atoms with Gasteiger partial charge in [0.1, 0.15) is 6.29 Å². The fourth-order valence-corrected chi connectivity index (χ4v) is 1.86. The van der Waals surface area contributed by atoms with Crippen LogP contribution >= 0.6 is 0 Å². The average Bonchev–Trinajstić information content (AvgIpc) is 2.83. The summed E-state index contributed by atoms with van der Waals surface area (Å²) in [5.74, 6) is 0.693. The SMILES string of the molecule is O=CCc1ccn2nc(-c3ccccc3)nc2c1. The van der Waals surface area contributed by atoms with E-state index < -0.39 is 0 Å². The van der Waals surface area contributed by atoms with Gasteiger partial charge in [-0.05, 0) is 17.7 Å². The average molecular weight is 237 g/mol. The van der Waals surface area contributed by atoms with Gasteiger partial charge in [-0.2, -0.15) is 0 Å². The van der Waals surface area contributed by atoms with Gasteiger partial charge in [-0.3, -0.25) is 0 Å². The minimum absolute atomic E-state index is 0.407. The number of aldehydes is 1. The molecule has 0 N–H and O–H groups in total. The second-order valence-corrected chi connectivity index (χ2v) is 4.01. The minimum atomic E-state index is 0.407. The van der Waals surface area contributed by atoms with E-state index in [4.69, 9.17) is 0 Å². The van der Waals surface area contributed by atoms with Crippen LogP contribution in [0.15, 0.2) is 48.7 Å². The smallest absolute Gasteiger partial charge is 0.182 e. The van der Waals surface area contributed by atoms with Crippen LogP contribution in [0.4, 0.5) is 0 Å². The van der Waals surface area contributed by atoms with Crippen LogP contribution in [0.2, 0.25) is 0 Å². The molecule has 4 nitrogen and oxygen atoms in total. The molecule has 0 unspecified atom stereocenters. The van der Waals surface area contributed by atoms with E-state index in [0.29, 0.717) is 12.2 Å². The Bertz CT molecular complexity index is 689. The van der Waals surface area contributed by atoms with Crippen LogP contribution < -0.4 is 0 Å². The first-order valence-corrected chi connectivity index (χ1v) is 5.71. The summed E-state index contributed by atoms with van der Waals surface area (Å²) in [5.41, 5.74) is 2.69. The molecule has 88 valence electrons. The van der Waals surface area contributed by atoms with Gasteiger partial charge in [0.05, 0.1) is 0 Å². The summed E-state index contributed by atoms with van der Waals surface area (Å²) in [6, 6.07) is 13.6. The topological polar surface area (TPSA) is 47.3 Å². The summed E-state index contributed by atoms with van der Waals surface area (Å²) in [4.78, 5) is 15.0. The number of rotatable bonds is 3. The lowest BCUT2D eigenvalue weighted by Gasteiger charge is -1.94. The molecule has 2 aromatic heterocycles. The molecule has 0 bridgehead atoms. The Kier molecular flexibility index (Phi) is 2.61. The van der Waals surface area contributed by atoms with Gasteiger partial charge < -0.3 is 4.79 Å². The van der Waals surface area contributed by atoms with E-state index in [9.17, 15) is 4.79 Å². The largest absolute Gasteiger partial charge is 0.303 e. The molecule has 0 aliphatic heterocycles. The van der Waals surface area contributed by atoms with E-state index in [1.165, 1.54) is 0 Å². The van der Waals surface area contributed by atoms with E-state index in [1.807, 2.05) is 48.7 Å². The summed E-state index contributed by atoms with van der Waals surface area (Å²) in [6.07, 6.45) is 3.12. The molecular formula is C14H11N3O. The van der Waals surface area contributed by atoms with Gasteiger partial charge in [-0.15, -0.1) is 5.10 Å². The molecule has 2 heterocycles. The first-order valence-electron chi connectivity index (χ1n) is 5.71. The third kappa shape index (κ3) is 1.88. The molecule has 0 aliphatic rings. The lowest BCUT2D eigenvalue weighted by molar-refractivity contribution is -0.107. The molecule has 0 spiro atoms. The van der Waals surface area contributed by atoms with E-state index in [-0.39, 0.29) is 0 Å². The van der Waals surface area contributed by atoms with Crippen molar-refractivity contribution in [2.75, 3.05) is 0 Å². The maximum absolute atomic E-state index is 10.5. The second kappa shape index (κ2) is 4.41. The Balaban J connectivity index is 2.08. The first kappa shape index (κ1) is 10.7. The monoisotopic (exact) mass is 237 g/mol. The number of benzene rings is 1. The number of hydrogen-bond donors (Lipinski definition) is 0. The van der Waals surface area contributed by atoms with Gasteiger partial charge in [0.25, 0.3) is 0 Å². The van der Waals surface area contributed by atoms with Crippen LogP contribution in [0, 0.1) is 0 Å². The Labute approximate surface area is 104 Å². The van der Waals surface area contributed by atoms with Gasteiger partial charge in [-0.25, -0.2) is 9.50 Å². The quantitative estimate of drug-likeness (QED) is 0.656. The molecule has 0 saturated carbocycles. The van der Waals surface area contributed by atoms with Crippen molar-refractivity contribution in [3.8, 4) is 11.4 Å². The molecule has 0 aliphatic carbocycles. The van der Waals surface area contributed by atoms with Crippen molar-refractivity contribution in [1.29, 1.82) is 0 Å². The molecule has 18 heavy (non-hydrogen) atoms. The molecule has 4 heteroatoms. The van der Waals surface area contributed by atoms with Crippen molar-refractivity contribution in [1.82, 2.24) is 14.6 Å². The van der Waals surface area contributed by atoms with Crippen LogP contribution in [0.25, 0.3) is 17.0 Å². The predicted octanol–water partition coefficient (Wildman–Crippen LogP) is 2.14. The molecule has 3 aromatic rings. The maximum atomic E-state index is 10.5. The molecule has 0 fully saturated rings. The lowest BCUT2D eigenvalue weighted by atomic mass is 10.2. The van der Waals surface area contributed by atoms with Gasteiger partial charge in [-0.1, -0.05) is 30.3 Å². The molecule has 0 saturated heterocycles. The number of aromatic nitrogens is 3. The standard InChI is InChI=1S/C14H11N3O/c18-9-7-11-6-8-17-13(10-11)15-14(16-17)12-4-2-1-3-5-12/h1-6,8-10H,7H2. The van der Waals surface area contributed by atoms with E-state index in [1.54, 1.807) is 4.52 Å². The van der Waals surface area contributed by atoms with Crippen LogP contribution in [0.1, 0.15) is 5.56 Å². The summed E-state index contributed by atoms with van der Waals surface area (Å²) >= 11 is 0. The summed E-state index contributed by atoms with van der Waals surface area (Å²) in [5, 5.41) is 4.40. The zero-order valence-corrected chi connectivity index (χ0v) is 9.65. The van der Waals surface area contributed by atoms with Crippen LogP contribution in [0.5, 0.6) is 0 Å². The Morgan fingerprint density at radius 2 is 2.00 bits per heavy atom. The molecule has 0 amide bonds. The van der Waals surface area contributed by atoms with Crippen molar-refractivity contribution in [3.63, 3.8) is 0 Å². The zero-order chi connectivity index (χ0) is 12.4.